The molecule has 0 heterocycles. The van der Waals surface area contributed by atoms with Crippen molar-refractivity contribution in [2.75, 3.05) is 33.4 Å². The summed E-state index contributed by atoms with van der Waals surface area (Å²) in [6.07, 6.45) is 3.84. The van der Waals surface area contributed by atoms with Gasteiger partial charge in [0, 0.05) is 25.7 Å². The largest absolute Gasteiger partial charge is 0.496 e. The number of aliphatic imine (C=N–C) groups is 1. The minimum atomic E-state index is -0.0540. The molecule has 1 fully saturated rings. The molecule has 1 aliphatic rings. The fourth-order valence-electron chi connectivity index (χ4n) is 3.26. The number of nitrogens with zero attached hydrogens (tertiary/aromatic N) is 1. The number of carbonyl (C=O) groups excluding carboxylic acids is 1. The Hall–Kier alpha value is -2.49. The molecule has 1 aliphatic carbocycles. The Morgan fingerprint density at radius 2 is 1.82 bits per heavy atom. The average molecular weight is 566 g/mol. The van der Waals surface area contributed by atoms with Crippen LogP contribution in [0.2, 0.25) is 0 Å². The first kappa shape index (κ1) is 26.8. The molecule has 33 heavy (non-hydrogen) atoms. The lowest BCUT2D eigenvalue weighted by atomic mass is 10.1. The SMILES string of the molecule is CCNC(=NCCc1ccccc1OC)NCCc1ccc(OCC(=O)NC2CC2)cc1.I. The molecule has 0 spiro atoms. The van der Waals surface area contributed by atoms with Gasteiger partial charge in [-0.15, -0.1) is 24.0 Å². The number of amides is 1. The van der Waals surface area contributed by atoms with Gasteiger partial charge >= 0.3 is 0 Å². The van der Waals surface area contributed by atoms with Crippen LogP contribution in [0.15, 0.2) is 53.5 Å². The number of methoxy groups -OCH3 is 1. The predicted octanol–water partition coefficient (Wildman–Crippen LogP) is 3.31. The molecule has 7 nitrogen and oxygen atoms in total. The molecular formula is C25H35IN4O3. The van der Waals surface area contributed by atoms with Crippen molar-refractivity contribution in [3.8, 4) is 11.5 Å². The van der Waals surface area contributed by atoms with Crippen LogP contribution < -0.4 is 25.4 Å². The first-order chi connectivity index (χ1) is 15.7. The average Bonchev–Trinajstić information content (AvgIpc) is 3.63. The van der Waals surface area contributed by atoms with Gasteiger partial charge in [0.1, 0.15) is 11.5 Å². The van der Waals surface area contributed by atoms with Crippen molar-refractivity contribution in [1.29, 1.82) is 0 Å². The van der Waals surface area contributed by atoms with E-state index >= 15 is 0 Å². The number of rotatable bonds is 12. The molecule has 2 aromatic rings. The van der Waals surface area contributed by atoms with E-state index in [2.05, 4.69) is 33.9 Å². The maximum Gasteiger partial charge on any atom is 0.258 e. The summed E-state index contributed by atoms with van der Waals surface area (Å²) in [5.41, 5.74) is 2.35. The monoisotopic (exact) mass is 566 g/mol. The van der Waals surface area contributed by atoms with Gasteiger partial charge in [0.2, 0.25) is 0 Å². The summed E-state index contributed by atoms with van der Waals surface area (Å²) in [7, 11) is 1.69. The Morgan fingerprint density at radius 1 is 1.06 bits per heavy atom. The minimum absolute atomic E-state index is 0. The first-order valence-corrected chi connectivity index (χ1v) is 11.3. The lowest BCUT2D eigenvalue weighted by Crippen LogP contribution is -2.38. The van der Waals surface area contributed by atoms with E-state index in [0.29, 0.717) is 18.3 Å². The van der Waals surface area contributed by atoms with Gasteiger partial charge < -0.3 is 25.4 Å². The fourth-order valence-corrected chi connectivity index (χ4v) is 3.26. The number of hydrogen-bond acceptors (Lipinski definition) is 4. The molecular weight excluding hydrogens is 531 g/mol. The van der Waals surface area contributed by atoms with E-state index in [1.807, 2.05) is 42.5 Å². The Morgan fingerprint density at radius 3 is 2.52 bits per heavy atom. The van der Waals surface area contributed by atoms with E-state index in [1.165, 1.54) is 5.56 Å². The fraction of sp³-hybridized carbons (Fsp3) is 0.440. The van der Waals surface area contributed by atoms with Crippen LogP contribution in [0, 0.1) is 0 Å². The number of carbonyl (C=O) groups is 1. The summed E-state index contributed by atoms with van der Waals surface area (Å²) < 4.78 is 11.0. The first-order valence-electron chi connectivity index (χ1n) is 11.3. The third-order valence-electron chi connectivity index (χ3n) is 5.13. The molecule has 0 radical (unpaired) electrons. The Labute approximate surface area is 213 Å². The normalized spacial score (nSPS) is 13.0. The van der Waals surface area contributed by atoms with Crippen molar-refractivity contribution in [1.82, 2.24) is 16.0 Å². The van der Waals surface area contributed by atoms with E-state index < -0.39 is 0 Å². The highest BCUT2D eigenvalue weighted by Crippen LogP contribution is 2.19. The van der Waals surface area contributed by atoms with Gasteiger partial charge in [0.05, 0.1) is 7.11 Å². The number of para-hydroxylation sites is 1. The van der Waals surface area contributed by atoms with Crippen LogP contribution in [0.3, 0.4) is 0 Å². The van der Waals surface area contributed by atoms with Crippen LogP contribution >= 0.6 is 24.0 Å². The third-order valence-corrected chi connectivity index (χ3v) is 5.13. The van der Waals surface area contributed by atoms with Gasteiger partial charge in [-0.05, 0) is 61.9 Å². The topological polar surface area (TPSA) is 84.0 Å². The van der Waals surface area contributed by atoms with Crippen LogP contribution in [0.4, 0.5) is 0 Å². The summed E-state index contributed by atoms with van der Waals surface area (Å²) in [6.45, 7) is 4.37. The summed E-state index contributed by atoms with van der Waals surface area (Å²) in [5.74, 6) is 2.36. The molecule has 180 valence electrons. The zero-order chi connectivity index (χ0) is 22.6. The van der Waals surface area contributed by atoms with Crippen LogP contribution in [-0.4, -0.2) is 51.3 Å². The van der Waals surface area contributed by atoms with Crippen molar-refractivity contribution in [3.63, 3.8) is 0 Å². The van der Waals surface area contributed by atoms with E-state index in [9.17, 15) is 4.79 Å². The Balaban J connectivity index is 0.00000385. The maximum absolute atomic E-state index is 11.7. The van der Waals surface area contributed by atoms with Crippen LogP contribution in [0.25, 0.3) is 0 Å². The summed E-state index contributed by atoms with van der Waals surface area (Å²) >= 11 is 0. The number of nitrogens with one attached hydrogen (secondary N) is 3. The quantitative estimate of drug-likeness (QED) is 0.209. The zero-order valence-electron chi connectivity index (χ0n) is 19.4. The van der Waals surface area contributed by atoms with Crippen molar-refractivity contribution in [2.45, 2.75) is 38.6 Å². The number of guanidine groups is 1. The van der Waals surface area contributed by atoms with Crippen LogP contribution in [0.1, 0.15) is 30.9 Å². The highest BCUT2D eigenvalue weighted by molar-refractivity contribution is 14.0. The van der Waals surface area contributed by atoms with E-state index in [0.717, 1.165) is 56.0 Å². The van der Waals surface area contributed by atoms with Gasteiger partial charge in [0.15, 0.2) is 12.6 Å². The Bertz CT molecular complexity index is 885. The second-order valence-electron chi connectivity index (χ2n) is 7.77. The summed E-state index contributed by atoms with van der Waals surface area (Å²) in [6, 6.07) is 16.3. The molecule has 8 heteroatoms. The van der Waals surface area contributed by atoms with E-state index in [-0.39, 0.29) is 36.5 Å². The number of halogens is 1. The van der Waals surface area contributed by atoms with Gasteiger partial charge in [-0.3, -0.25) is 9.79 Å². The molecule has 0 bridgehead atoms. The molecule has 1 saturated carbocycles. The molecule has 3 rings (SSSR count). The third kappa shape index (κ3) is 9.89. The molecule has 0 atom stereocenters. The van der Waals surface area contributed by atoms with E-state index in [1.54, 1.807) is 7.11 Å². The molecule has 3 N–H and O–H groups in total. The summed E-state index contributed by atoms with van der Waals surface area (Å²) in [5, 5.41) is 9.59. The highest BCUT2D eigenvalue weighted by Gasteiger charge is 2.23. The standard InChI is InChI=1S/C25H34N4O3.HI/c1-3-26-25(28-17-15-20-6-4-5-7-23(20)31-2)27-16-14-19-8-12-22(13-9-19)32-18-24(30)29-21-10-11-21;/h4-9,12-13,21H,3,10-11,14-18H2,1-2H3,(H,29,30)(H2,26,27,28);1H. The molecule has 1 amide bonds. The summed E-state index contributed by atoms with van der Waals surface area (Å²) in [4.78, 5) is 16.4. The van der Waals surface area contributed by atoms with E-state index in [4.69, 9.17) is 9.47 Å². The highest BCUT2D eigenvalue weighted by atomic mass is 127. The van der Waals surface area contributed by atoms with Crippen LogP contribution in [-0.2, 0) is 17.6 Å². The van der Waals surface area contributed by atoms with Crippen molar-refractivity contribution >= 4 is 35.8 Å². The molecule has 0 saturated heterocycles. The molecule has 0 unspecified atom stereocenters. The minimum Gasteiger partial charge on any atom is -0.496 e. The number of ether oxygens (including phenoxy) is 2. The Kier molecular flexibility index (Phi) is 11.9. The second-order valence-corrected chi connectivity index (χ2v) is 7.77. The van der Waals surface area contributed by atoms with Crippen LogP contribution in [0.5, 0.6) is 11.5 Å². The zero-order valence-corrected chi connectivity index (χ0v) is 21.8. The van der Waals surface area contributed by atoms with Gasteiger partial charge in [-0.1, -0.05) is 30.3 Å². The predicted molar refractivity (Wildman–Crippen MR) is 143 cm³/mol. The van der Waals surface area contributed by atoms with Crippen molar-refractivity contribution in [2.24, 2.45) is 4.99 Å². The lowest BCUT2D eigenvalue weighted by molar-refractivity contribution is -0.123. The van der Waals surface area contributed by atoms with Crippen molar-refractivity contribution in [3.05, 3.63) is 59.7 Å². The van der Waals surface area contributed by atoms with Crippen molar-refractivity contribution < 1.29 is 14.3 Å². The van der Waals surface area contributed by atoms with Gasteiger partial charge in [0.25, 0.3) is 5.91 Å². The molecule has 0 aliphatic heterocycles. The molecule has 2 aromatic carbocycles. The van der Waals surface area contributed by atoms with Gasteiger partial charge in [-0.2, -0.15) is 0 Å². The molecule has 0 aromatic heterocycles. The lowest BCUT2D eigenvalue weighted by Gasteiger charge is -2.12. The van der Waals surface area contributed by atoms with Gasteiger partial charge in [-0.25, -0.2) is 0 Å². The number of benzene rings is 2. The second kappa shape index (κ2) is 14.6. The number of hydrogen-bond donors (Lipinski definition) is 3. The maximum atomic E-state index is 11.7. The smallest absolute Gasteiger partial charge is 0.258 e.